The summed E-state index contributed by atoms with van der Waals surface area (Å²) in [6.07, 6.45) is 1.45. The summed E-state index contributed by atoms with van der Waals surface area (Å²) in [7, 11) is 0. The van der Waals surface area contributed by atoms with Crippen molar-refractivity contribution in [1.29, 1.82) is 0 Å². The van der Waals surface area contributed by atoms with Crippen molar-refractivity contribution in [2.75, 3.05) is 5.32 Å². The van der Waals surface area contributed by atoms with Crippen LogP contribution in [0.4, 0.5) is 5.69 Å². The number of aromatic carboxylic acids is 1. The van der Waals surface area contributed by atoms with Crippen molar-refractivity contribution in [3.63, 3.8) is 0 Å². The van der Waals surface area contributed by atoms with Crippen LogP contribution < -0.4 is 5.32 Å². The Morgan fingerprint density at radius 2 is 2.16 bits per heavy atom. The van der Waals surface area contributed by atoms with Gasteiger partial charge in [0.2, 0.25) is 5.91 Å². The van der Waals surface area contributed by atoms with Gasteiger partial charge in [0, 0.05) is 16.4 Å². The van der Waals surface area contributed by atoms with Crippen molar-refractivity contribution in [3.8, 4) is 0 Å². The molecule has 2 rings (SSSR count). The number of carbonyl (C=O) groups is 2. The van der Waals surface area contributed by atoms with E-state index in [2.05, 4.69) is 26.3 Å². The Morgan fingerprint density at radius 3 is 2.79 bits per heavy atom. The molecule has 0 aliphatic carbocycles. The highest BCUT2D eigenvalue weighted by atomic mass is 79.9. The first kappa shape index (κ1) is 13.3. The lowest BCUT2D eigenvalue weighted by molar-refractivity contribution is -0.116. The fourth-order valence-electron chi connectivity index (χ4n) is 1.48. The van der Waals surface area contributed by atoms with Crippen LogP contribution in [0.1, 0.15) is 10.5 Å². The maximum atomic E-state index is 11.7. The molecule has 2 N–H and O–H groups in total. The molecule has 1 aromatic heterocycles. The summed E-state index contributed by atoms with van der Waals surface area (Å²) in [6, 6.07) is 8.52. The second-order valence-electron chi connectivity index (χ2n) is 3.76. The lowest BCUT2D eigenvalue weighted by atomic mass is 10.3. The third-order valence-electron chi connectivity index (χ3n) is 2.27. The summed E-state index contributed by atoms with van der Waals surface area (Å²) in [5.41, 5.74) is 0.570. The topological polar surface area (TPSA) is 84.2 Å². The number of hydrogen-bond acceptors (Lipinski definition) is 3. The molecule has 0 fully saturated rings. The first-order valence-electron chi connectivity index (χ1n) is 5.37. The first-order chi connectivity index (χ1) is 9.04. The zero-order valence-electron chi connectivity index (χ0n) is 9.71. The summed E-state index contributed by atoms with van der Waals surface area (Å²) in [5, 5.41) is 15.2. The molecule has 98 valence electrons. The molecule has 0 atom stereocenters. The molecule has 1 heterocycles. The van der Waals surface area contributed by atoms with Gasteiger partial charge in [0.05, 0.1) is 0 Å². The molecule has 0 bridgehead atoms. The molecular weight excluding hydrogens is 314 g/mol. The minimum Gasteiger partial charge on any atom is -0.476 e. The highest BCUT2D eigenvalue weighted by molar-refractivity contribution is 9.10. The SMILES string of the molecule is O=C(Cn1ccc(C(=O)O)n1)Nc1cccc(Br)c1. The van der Waals surface area contributed by atoms with E-state index in [0.717, 1.165) is 4.47 Å². The van der Waals surface area contributed by atoms with Gasteiger partial charge in [-0.05, 0) is 24.3 Å². The Labute approximate surface area is 117 Å². The number of nitrogens with zero attached hydrogens (tertiary/aromatic N) is 2. The number of carboxylic acids is 1. The molecule has 1 amide bonds. The number of carbonyl (C=O) groups excluding carboxylic acids is 1. The normalized spacial score (nSPS) is 10.2. The van der Waals surface area contributed by atoms with Gasteiger partial charge in [-0.1, -0.05) is 22.0 Å². The van der Waals surface area contributed by atoms with Crippen LogP contribution in [0, 0.1) is 0 Å². The summed E-state index contributed by atoms with van der Waals surface area (Å²) < 4.78 is 2.13. The lowest BCUT2D eigenvalue weighted by Crippen LogP contribution is -2.19. The highest BCUT2D eigenvalue weighted by Gasteiger charge is 2.09. The van der Waals surface area contributed by atoms with Gasteiger partial charge >= 0.3 is 5.97 Å². The van der Waals surface area contributed by atoms with E-state index in [9.17, 15) is 9.59 Å². The summed E-state index contributed by atoms with van der Waals surface area (Å²) in [4.78, 5) is 22.4. The molecule has 1 aromatic carbocycles. The van der Waals surface area contributed by atoms with Crippen molar-refractivity contribution >= 4 is 33.5 Å². The van der Waals surface area contributed by atoms with Crippen LogP contribution in [0.3, 0.4) is 0 Å². The molecular formula is C12H10BrN3O3. The standard InChI is InChI=1S/C12H10BrN3O3/c13-8-2-1-3-9(6-8)14-11(17)7-16-5-4-10(15-16)12(18)19/h1-6H,7H2,(H,14,17)(H,18,19). The molecule has 0 saturated carbocycles. The van der Waals surface area contributed by atoms with Crippen LogP contribution >= 0.6 is 15.9 Å². The first-order valence-corrected chi connectivity index (χ1v) is 6.16. The minimum atomic E-state index is -1.12. The van der Waals surface area contributed by atoms with E-state index >= 15 is 0 Å². The number of amides is 1. The fraction of sp³-hybridized carbons (Fsp3) is 0.0833. The van der Waals surface area contributed by atoms with Gasteiger partial charge in [0.15, 0.2) is 5.69 Å². The van der Waals surface area contributed by atoms with Crippen LogP contribution in [0.5, 0.6) is 0 Å². The fourth-order valence-corrected chi connectivity index (χ4v) is 1.88. The van der Waals surface area contributed by atoms with Gasteiger partial charge in [-0.15, -0.1) is 0 Å². The van der Waals surface area contributed by atoms with Gasteiger partial charge < -0.3 is 10.4 Å². The summed E-state index contributed by atoms with van der Waals surface area (Å²) >= 11 is 3.30. The van der Waals surface area contributed by atoms with E-state index in [0.29, 0.717) is 5.69 Å². The number of anilines is 1. The summed E-state index contributed by atoms with van der Waals surface area (Å²) in [5.74, 6) is -1.40. The Hall–Kier alpha value is -2.15. The molecule has 2 aromatic rings. The minimum absolute atomic E-state index is 0.0419. The molecule has 0 aliphatic rings. The van der Waals surface area contributed by atoms with E-state index in [4.69, 9.17) is 5.11 Å². The zero-order valence-corrected chi connectivity index (χ0v) is 11.3. The Morgan fingerprint density at radius 1 is 1.37 bits per heavy atom. The van der Waals surface area contributed by atoms with Crippen molar-refractivity contribution in [3.05, 3.63) is 46.7 Å². The number of halogens is 1. The maximum absolute atomic E-state index is 11.7. The van der Waals surface area contributed by atoms with E-state index < -0.39 is 5.97 Å². The van der Waals surface area contributed by atoms with Crippen molar-refractivity contribution in [2.24, 2.45) is 0 Å². The van der Waals surface area contributed by atoms with Crippen LogP contribution in [0.15, 0.2) is 41.0 Å². The molecule has 19 heavy (non-hydrogen) atoms. The number of rotatable bonds is 4. The monoisotopic (exact) mass is 323 g/mol. The molecule has 0 radical (unpaired) electrons. The van der Waals surface area contributed by atoms with E-state index in [1.807, 2.05) is 6.07 Å². The van der Waals surface area contributed by atoms with Crippen LogP contribution in [-0.2, 0) is 11.3 Å². The average Bonchev–Trinajstić information content (AvgIpc) is 2.77. The van der Waals surface area contributed by atoms with Gasteiger partial charge in [-0.25, -0.2) is 4.79 Å². The Balaban J connectivity index is 1.99. The number of nitrogens with one attached hydrogen (secondary N) is 1. The van der Waals surface area contributed by atoms with Crippen molar-refractivity contribution in [2.45, 2.75) is 6.54 Å². The number of carboxylic acid groups (broad SMARTS) is 1. The van der Waals surface area contributed by atoms with Crippen LogP contribution in [0.25, 0.3) is 0 Å². The molecule has 6 nitrogen and oxygen atoms in total. The third-order valence-corrected chi connectivity index (χ3v) is 2.77. The average molecular weight is 324 g/mol. The molecule has 0 saturated heterocycles. The molecule has 0 spiro atoms. The van der Waals surface area contributed by atoms with Crippen LogP contribution in [-0.4, -0.2) is 26.8 Å². The second kappa shape index (κ2) is 5.66. The van der Waals surface area contributed by atoms with Crippen molar-refractivity contribution in [1.82, 2.24) is 9.78 Å². The van der Waals surface area contributed by atoms with Gasteiger partial charge in [-0.2, -0.15) is 5.10 Å². The number of hydrogen-bond donors (Lipinski definition) is 2. The largest absolute Gasteiger partial charge is 0.476 e. The van der Waals surface area contributed by atoms with E-state index in [-0.39, 0.29) is 18.1 Å². The van der Waals surface area contributed by atoms with E-state index in [1.54, 1.807) is 18.2 Å². The van der Waals surface area contributed by atoms with E-state index in [1.165, 1.54) is 16.9 Å². The highest BCUT2D eigenvalue weighted by Crippen LogP contribution is 2.15. The maximum Gasteiger partial charge on any atom is 0.356 e. The molecule has 0 aliphatic heterocycles. The van der Waals surface area contributed by atoms with Crippen LogP contribution in [0.2, 0.25) is 0 Å². The quantitative estimate of drug-likeness (QED) is 0.901. The lowest BCUT2D eigenvalue weighted by Gasteiger charge is -2.05. The molecule has 7 heteroatoms. The summed E-state index contributed by atoms with van der Waals surface area (Å²) in [6.45, 7) is -0.0419. The predicted octanol–water partition coefficient (Wildman–Crippen LogP) is 1.98. The zero-order chi connectivity index (χ0) is 13.8. The third kappa shape index (κ3) is 3.65. The number of benzene rings is 1. The molecule has 0 unspecified atom stereocenters. The number of aromatic nitrogens is 2. The van der Waals surface area contributed by atoms with Gasteiger partial charge in [-0.3, -0.25) is 9.48 Å². The van der Waals surface area contributed by atoms with Gasteiger partial charge in [0.1, 0.15) is 6.54 Å². The smallest absolute Gasteiger partial charge is 0.356 e. The second-order valence-corrected chi connectivity index (χ2v) is 4.68. The van der Waals surface area contributed by atoms with Crippen molar-refractivity contribution < 1.29 is 14.7 Å². The van der Waals surface area contributed by atoms with Gasteiger partial charge in [0.25, 0.3) is 0 Å². The predicted molar refractivity (Wildman–Crippen MR) is 72.0 cm³/mol. The Kier molecular flexibility index (Phi) is 3.96. The Bertz CT molecular complexity index is 624.